The summed E-state index contributed by atoms with van der Waals surface area (Å²) in [6.07, 6.45) is 5.86. The zero-order valence-corrected chi connectivity index (χ0v) is 19.5. The number of nitrogens with zero attached hydrogens (tertiary/aromatic N) is 6. The van der Waals surface area contributed by atoms with Crippen LogP contribution in [0, 0.1) is 5.41 Å². The highest BCUT2D eigenvalue weighted by atomic mass is 15.4. The molecule has 0 spiro atoms. The second-order valence-corrected chi connectivity index (χ2v) is 8.74. The van der Waals surface area contributed by atoms with Gasteiger partial charge in [-0.1, -0.05) is 17.2 Å². The smallest absolute Gasteiger partial charge is 0.179 e. The molecule has 0 saturated carbocycles. The molecule has 1 fully saturated rings. The lowest BCUT2D eigenvalue weighted by molar-refractivity contribution is -0.695. The molecule has 1 saturated heterocycles. The molecular weight excluding hydrogens is 416 g/mol. The number of hydrogen-bond acceptors (Lipinski definition) is 7. The standard InChI is InChI=1S/C23H32N10/c1-16(2)29-31-30-22(24)17-5-4-6-20(13-17)28-23-21-18(7-12-33(21)27-15-26-23)14-32-10-8-19(25-3)9-11-32/h4-7,12-13,15-16,19,25H,8-11,14H2,1-3H3,(H2,24,29,30)(H,26,27,28)/p+1. The molecule has 0 aliphatic carbocycles. The average molecular weight is 450 g/mol. The van der Waals surface area contributed by atoms with E-state index in [0.717, 1.165) is 49.5 Å². The number of rotatable bonds is 8. The molecule has 10 heteroatoms. The van der Waals surface area contributed by atoms with Gasteiger partial charge in [0.05, 0.1) is 0 Å². The first-order valence-corrected chi connectivity index (χ1v) is 11.4. The van der Waals surface area contributed by atoms with E-state index in [9.17, 15) is 0 Å². The molecule has 3 heterocycles. The zero-order chi connectivity index (χ0) is 23.2. The maximum absolute atomic E-state index is 8.21. The summed E-state index contributed by atoms with van der Waals surface area (Å²) in [5.41, 5.74) is 5.42. The number of amidine groups is 1. The number of likely N-dealkylation sites (tertiary alicyclic amines) is 1. The van der Waals surface area contributed by atoms with E-state index in [1.807, 2.05) is 55.9 Å². The third-order valence-corrected chi connectivity index (χ3v) is 5.85. The van der Waals surface area contributed by atoms with Crippen molar-refractivity contribution in [1.82, 2.24) is 24.8 Å². The van der Waals surface area contributed by atoms with E-state index in [1.54, 1.807) is 11.8 Å². The van der Waals surface area contributed by atoms with E-state index < -0.39 is 0 Å². The minimum Gasteiger partial charge on any atom is -0.338 e. The molecule has 5 N–H and O–H groups in total. The predicted molar refractivity (Wildman–Crippen MR) is 129 cm³/mol. The fraction of sp³-hybridized carbons (Fsp3) is 0.435. The lowest BCUT2D eigenvalue weighted by Gasteiger charge is -2.31. The number of anilines is 2. The Morgan fingerprint density at radius 3 is 2.85 bits per heavy atom. The van der Waals surface area contributed by atoms with Gasteiger partial charge >= 0.3 is 0 Å². The Morgan fingerprint density at radius 2 is 2.09 bits per heavy atom. The van der Waals surface area contributed by atoms with E-state index in [-0.39, 0.29) is 5.84 Å². The van der Waals surface area contributed by atoms with Gasteiger partial charge in [-0.15, -0.1) is 0 Å². The zero-order valence-electron chi connectivity index (χ0n) is 19.5. The summed E-state index contributed by atoms with van der Waals surface area (Å²) < 4.78 is 1.87. The summed E-state index contributed by atoms with van der Waals surface area (Å²) in [7, 11) is 2.04. The summed E-state index contributed by atoms with van der Waals surface area (Å²) in [4.78, 5) is 7.01. The molecule has 0 bridgehead atoms. The summed E-state index contributed by atoms with van der Waals surface area (Å²) in [5, 5.41) is 27.4. The highest BCUT2D eigenvalue weighted by Gasteiger charge is 2.20. The van der Waals surface area contributed by atoms with Gasteiger partial charge < -0.3 is 10.6 Å². The van der Waals surface area contributed by atoms with Crippen LogP contribution in [-0.4, -0.2) is 57.6 Å². The fourth-order valence-corrected chi connectivity index (χ4v) is 4.02. The highest BCUT2D eigenvalue weighted by Crippen LogP contribution is 2.25. The number of fused-ring (bicyclic) bond motifs is 1. The van der Waals surface area contributed by atoms with Crippen molar-refractivity contribution in [3.63, 3.8) is 0 Å². The van der Waals surface area contributed by atoms with Crippen molar-refractivity contribution < 1.29 is 5.43 Å². The van der Waals surface area contributed by atoms with Crippen molar-refractivity contribution in [3.05, 3.63) is 54.0 Å². The molecule has 1 aromatic carbocycles. The van der Waals surface area contributed by atoms with Crippen molar-refractivity contribution >= 4 is 22.9 Å². The number of nitrogens with one attached hydrogen (secondary N) is 3. The van der Waals surface area contributed by atoms with Crippen LogP contribution in [-0.2, 0) is 6.54 Å². The van der Waals surface area contributed by atoms with Gasteiger partial charge in [-0.2, -0.15) is 10.5 Å². The van der Waals surface area contributed by atoms with Crippen molar-refractivity contribution in [1.29, 1.82) is 5.41 Å². The number of quaternary nitrogens is 1. The van der Waals surface area contributed by atoms with Crippen LogP contribution in [0.15, 0.2) is 53.2 Å². The molecule has 3 aromatic rings. The van der Waals surface area contributed by atoms with Crippen LogP contribution in [0.1, 0.15) is 37.8 Å². The Kier molecular flexibility index (Phi) is 7.38. The SMILES string of the molecule is CNC1CCN(Cc2ccn3ncnc(Nc4cccc(C(=N)N=N[NH2+]C(C)C)c4)c23)CC1. The maximum atomic E-state index is 8.21. The molecule has 2 aromatic heterocycles. The third-order valence-electron chi connectivity index (χ3n) is 5.85. The van der Waals surface area contributed by atoms with Crippen LogP contribution in [0.4, 0.5) is 11.5 Å². The average Bonchev–Trinajstić information content (AvgIpc) is 3.23. The fourth-order valence-electron chi connectivity index (χ4n) is 4.02. The first kappa shape index (κ1) is 23.0. The van der Waals surface area contributed by atoms with Gasteiger partial charge in [0.2, 0.25) is 0 Å². The molecule has 33 heavy (non-hydrogen) atoms. The van der Waals surface area contributed by atoms with Gasteiger partial charge in [0.1, 0.15) is 17.9 Å². The molecule has 10 nitrogen and oxygen atoms in total. The van der Waals surface area contributed by atoms with E-state index in [0.29, 0.717) is 17.6 Å². The van der Waals surface area contributed by atoms with Crippen molar-refractivity contribution in [2.45, 2.75) is 45.3 Å². The van der Waals surface area contributed by atoms with Crippen molar-refractivity contribution in [2.75, 3.05) is 25.5 Å². The largest absolute Gasteiger partial charge is 0.338 e. The Balaban J connectivity index is 1.52. The van der Waals surface area contributed by atoms with Crippen LogP contribution < -0.4 is 16.1 Å². The summed E-state index contributed by atoms with van der Waals surface area (Å²) in [6.45, 7) is 7.07. The Labute approximate surface area is 194 Å². The minimum absolute atomic E-state index is 0.122. The van der Waals surface area contributed by atoms with Crippen LogP contribution in [0.2, 0.25) is 0 Å². The molecule has 1 aliphatic heterocycles. The Morgan fingerprint density at radius 1 is 1.27 bits per heavy atom. The molecule has 0 atom stereocenters. The number of hydrogen-bond donors (Lipinski definition) is 4. The van der Waals surface area contributed by atoms with Gasteiger partial charge in [0.25, 0.3) is 0 Å². The second kappa shape index (κ2) is 10.6. The number of nitrogens with two attached hydrogens (primary N) is 1. The molecule has 174 valence electrons. The number of piperidine rings is 1. The van der Waals surface area contributed by atoms with E-state index in [1.165, 1.54) is 5.56 Å². The van der Waals surface area contributed by atoms with Crippen LogP contribution in [0.25, 0.3) is 5.52 Å². The van der Waals surface area contributed by atoms with Crippen LogP contribution in [0.5, 0.6) is 0 Å². The van der Waals surface area contributed by atoms with Crippen LogP contribution >= 0.6 is 0 Å². The van der Waals surface area contributed by atoms with Gasteiger partial charge in [0.15, 0.2) is 11.7 Å². The van der Waals surface area contributed by atoms with E-state index >= 15 is 0 Å². The maximum Gasteiger partial charge on any atom is 0.179 e. The summed E-state index contributed by atoms with van der Waals surface area (Å²) in [5.74, 6) is 0.866. The van der Waals surface area contributed by atoms with Gasteiger partial charge in [0, 0.05) is 35.3 Å². The second-order valence-electron chi connectivity index (χ2n) is 8.74. The molecule has 0 amide bonds. The van der Waals surface area contributed by atoms with Gasteiger partial charge in [-0.3, -0.25) is 10.3 Å². The normalized spacial score (nSPS) is 15.6. The topological polar surface area (TPSA) is 123 Å². The summed E-state index contributed by atoms with van der Waals surface area (Å²) in [6, 6.07) is 10.6. The van der Waals surface area contributed by atoms with Gasteiger partial charge in [-0.05, 0) is 70.6 Å². The predicted octanol–water partition coefficient (Wildman–Crippen LogP) is 2.32. The molecule has 4 rings (SSSR count). The van der Waals surface area contributed by atoms with Crippen molar-refractivity contribution in [3.8, 4) is 0 Å². The van der Waals surface area contributed by atoms with E-state index in [2.05, 4.69) is 42.0 Å². The quantitative estimate of drug-likeness (QED) is 0.138. The lowest BCUT2D eigenvalue weighted by Crippen LogP contribution is -2.82. The van der Waals surface area contributed by atoms with Gasteiger partial charge in [-0.25, -0.2) is 9.50 Å². The third kappa shape index (κ3) is 5.78. The Bertz CT molecular complexity index is 1110. The number of benzene rings is 1. The molecule has 0 unspecified atom stereocenters. The van der Waals surface area contributed by atoms with E-state index in [4.69, 9.17) is 5.41 Å². The van der Waals surface area contributed by atoms with Crippen LogP contribution in [0.3, 0.4) is 0 Å². The first-order chi connectivity index (χ1) is 16.0. The highest BCUT2D eigenvalue weighted by molar-refractivity contribution is 5.97. The monoisotopic (exact) mass is 449 g/mol. The number of aromatic nitrogens is 3. The minimum atomic E-state index is 0.122. The van der Waals surface area contributed by atoms with Crippen molar-refractivity contribution in [2.24, 2.45) is 10.3 Å². The molecular formula is C23H33N10+. The Hall–Kier alpha value is -3.21. The molecule has 0 radical (unpaired) electrons. The first-order valence-electron chi connectivity index (χ1n) is 11.4. The summed E-state index contributed by atoms with van der Waals surface area (Å²) >= 11 is 0. The lowest BCUT2D eigenvalue weighted by atomic mass is 10.0. The molecule has 1 aliphatic rings.